The molecule has 0 radical (unpaired) electrons. The number of rotatable bonds is 3. The third-order valence-electron chi connectivity index (χ3n) is 1.32. The first-order chi connectivity index (χ1) is 5.77. The van der Waals surface area contributed by atoms with Gasteiger partial charge in [0.2, 0.25) is 0 Å². The van der Waals surface area contributed by atoms with Crippen molar-refractivity contribution < 1.29 is 14.6 Å². The summed E-state index contributed by atoms with van der Waals surface area (Å²) in [6.45, 7) is 0. The van der Waals surface area contributed by atoms with Crippen LogP contribution in [-0.2, 0) is 4.79 Å². The Kier molecular flexibility index (Phi) is 2.99. The average Bonchev–Trinajstić information content (AvgIpc) is 2.08. The number of aromatic hydroxyl groups is 1. The van der Waals surface area contributed by atoms with Crippen molar-refractivity contribution in [1.29, 1.82) is 0 Å². The Labute approximate surface area is 74.4 Å². The van der Waals surface area contributed by atoms with Gasteiger partial charge in [-0.1, -0.05) is 11.8 Å². The predicted molar refractivity (Wildman–Crippen MR) is 47.3 cm³/mol. The zero-order valence-electron chi connectivity index (χ0n) is 6.48. The minimum atomic E-state index is 0.127. The van der Waals surface area contributed by atoms with Crippen LogP contribution in [0.3, 0.4) is 0 Å². The normalized spacial score (nSPS) is 9.42. The van der Waals surface area contributed by atoms with Crippen LogP contribution < -0.4 is 4.74 Å². The number of phenolic OH excluding ortho intramolecular Hbond substituents is 1. The van der Waals surface area contributed by atoms with E-state index in [1.165, 1.54) is 19.2 Å². The minimum absolute atomic E-state index is 0.127. The predicted octanol–water partition coefficient (Wildman–Crippen LogP) is 1.68. The van der Waals surface area contributed by atoms with Crippen LogP contribution in [0.15, 0.2) is 23.1 Å². The summed E-state index contributed by atoms with van der Waals surface area (Å²) in [5.74, 6) is 0.634. The third-order valence-corrected chi connectivity index (χ3v) is 2.01. The maximum atomic E-state index is 10.2. The number of phenols is 1. The second kappa shape index (κ2) is 4.01. The van der Waals surface area contributed by atoms with Crippen molar-refractivity contribution in [2.75, 3.05) is 7.11 Å². The molecule has 0 unspecified atom stereocenters. The minimum Gasteiger partial charge on any atom is -0.508 e. The van der Waals surface area contributed by atoms with Gasteiger partial charge in [0.05, 0.1) is 12.0 Å². The van der Waals surface area contributed by atoms with Gasteiger partial charge in [0.15, 0.2) is 5.62 Å². The molecule has 0 amide bonds. The maximum absolute atomic E-state index is 10.2. The van der Waals surface area contributed by atoms with Crippen LogP contribution in [0.4, 0.5) is 0 Å². The molecule has 0 aliphatic heterocycles. The highest BCUT2D eigenvalue weighted by atomic mass is 32.2. The van der Waals surface area contributed by atoms with E-state index in [-0.39, 0.29) is 5.75 Å². The summed E-state index contributed by atoms with van der Waals surface area (Å²) in [7, 11) is 1.49. The van der Waals surface area contributed by atoms with Crippen LogP contribution >= 0.6 is 11.8 Å². The van der Waals surface area contributed by atoms with E-state index in [1.807, 2.05) is 0 Å². The van der Waals surface area contributed by atoms with E-state index < -0.39 is 0 Å². The van der Waals surface area contributed by atoms with E-state index in [4.69, 9.17) is 9.84 Å². The highest BCUT2D eigenvalue weighted by molar-refractivity contribution is 8.12. The summed E-state index contributed by atoms with van der Waals surface area (Å²) in [5, 5.41) is 9.06. The first-order valence-corrected chi connectivity index (χ1v) is 4.13. The number of methoxy groups -OCH3 is 1. The molecule has 0 saturated carbocycles. The number of benzene rings is 1. The molecular weight excluding hydrogens is 176 g/mol. The summed E-state index contributed by atoms with van der Waals surface area (Å²) in [4.78, 5) is 10.9. The van der Waals surface area contributed by atoms with Crippen LogP contribution in [-0.4, -0.2) is 17.8 Å². The topological polar surface area (TPSA) is 46.5 Å². The van der Waals surface area contributed by atoms with E-state index >= 15 is 0 Å². The number of carbonyl (C=O) groups excluding carboxylic acids is 1. The number of carbonyl (C=O) groups is 1. The lowest BCUT2D eigenvalue weighted by atomic mass is 10.3. The Morgan fingerprint density at radius 3 is 2.92 bits per heavy atom. The third kappa shape index (κ3) is 1.92. The first-order valence-electron chi connectivity index (χ1n) is 3.25. The van der Waals surface area contributed by atoms with Gasteiger partial charge in [0.1, 0.15) is 11.5 Å². The van der Waals surface area contributed by atoms with Crippen molar-refractivity contribution in [2.45, 2.75) is 4.90 Å². The molecule has 0 aromatic heterocycles. The summed E-state index contributed by atoms with van der Waals surface area (Å²) < 4.78 is 4.94. The Morgan fingerprint density at radius 2 is 2.33 bits per heavy atom. The smallest absolute Gasteiger partial charge is 0.181 e. The monoisotopic (exact) mass is 184 g/mol. The van der Waals surface area contributed by atoms with E-state index in [9.17, 15) is 4.79 Å². The van der Waals surface area contributed by atoms with Gasteiger partial charge in [-0.05, 0) is 12.1 Å². The van der Waals surface area contributed by atoms with Crippen molar-refractivity contribution in [2.24, 2.45) is 0 Å². The molecule has 1 aromatic carbocycles. The second-order valence-electron chi connectivity index (χ2n) is 2.05. The van der Waals surface area contributed by atoms with E-state index in [0.29, 0.717) is 10.6 Å². The first kappa shape index (κ1) is 8.93. The number of hydrogen-bond acceptors (Lipinski definition) is 4. The Balaban J connectivity index is 3.01. The molecule has 0 aliphatic rings. The van der Waals surface area contributed by atoms with Crippen molar-refractivity contribution in [3.8, 4) is 11.5 Å². The van der Waals surface area contributed by atoms with Gasteiger partial charge in [-0.2, -0.15) is 0 Å². The number of ether oxygens (including phenoxy) is 1. The molecule has 64 valence electrons. The largest absolute Gasteiger partial charge is 0.508 e. The SMILES string of the molecule is COc1cc(O)ccc1SC=O. The average molecular weight is 184 g/mol. The molecule has 4 heteroatoms. The zero-order chi connectivity index (χ0) is 8.97. The highest BCUT2D eigenvalue weighted by Crippen LogP contribution is 2.30. The van der Waals surface area contributed by atoms with Crippen LogP contribution in [0.25, 0.3) is 0 Å². The van der Waals surface area contributed by atoms with Gasteiger partial charge in [0, 0.05) is 6.07 Å². The van der Waals surface area contributed by atoms with Crippen LogP contribution in [0.1, 0.15) is 0 Å². The summed E-state index contributed by atoms with van der Waals surface area (Å²) in [6, 6.07) is 4.60. The Bertz CT molecular complexity index is 286. The van der Waals surface area contributed by atoms with Crippen molar-refractivity contribution in [1.82, 2.24) is 0 Å². The van der Waals surface area contributed by atoms with Crippen LogP contribution in [0.5, 0.6) is 11.5 Å². The second-order valence-corrected chi connectivity index (χ2v) is 2.92. The highest BCUT2D eigenvalue weighted by Gasteiger charge is 2.03. The van der Waals surface area contributed by atoms with E-state index in [1.54, 1.807) is 6.07 Å². The van der Waals surface area contributed by atoms with E-state index in [0.717, 1.165) is 17.4 Å². The molecule has 3 nitrogen and oxygen atoms in total. The standard InChI is InChI=1S/C8H8O3S/c1-11-7-4-6(10)2-3-8(7)12-5-9/h2-5,10H,1H3. The Morgan fingerprint density at radius 1 is 1.58 bits per heavy atom. The molecule has 0 saturated heterocycles. The lowest BCUT2D eigenvalue weighted by Crippen LogP contribution is -1.85. The zero-order valence-corrected chi connectivity index (χ0v) is 7.30. The van der Waals surface area contributed by atoms with Gasteiger partial charge in [-0.3, -0.25) is 4.79 Å². The van der Waals surface area contributed by atoms with Gasteiger partial charge in [-0.15, -0.1) is 0 Å². The van der Waals surface area contributed by atoms with Gasteiger partial charge in [-0.25, -0.2) is 0 Å². The van der Waals surface area contributed by atoms with E-state index in [2.05, 4.69) is 0 Å². The van der Waals surface area contributed by atoms with Crippen molar-refractivity contribution >= 4 is 17.4 Å². The van der Waals surface area contributed by atoms with Crippen LogP contribution in [0.2, 0.25) is 0 Å². The molecule has 12 heavy (non-hydrogen) atoms. The lowest BCUT2D eigenvalue weighted by Gasteiger charge is -2.04. The summed E-state index contributed by atoms with van der Waals surface area (Å²) >= 11 is 1.02. The maximum Gasteiger partial charge on any atom is 0.181 e. The van der Waals surface area contributed by atoms with Gasteiger partial charge >= 0.3 is 0 Å². The molecule has 1 rings (SSSR count). The van der Waals surface area contributed by atoms with Crippen molar-refractivity contribution in [3.63, 3.8) is 0 Å². The molecule has 1 aromatic rings. The quantitative estimate of drug-likeness (QED) is 0.573. The number of thioether (sulfide) groups is 1. The van der Waals surface area contributed by atoms with Crippen LogP contribution in [0, 0.1) is 0 Å². The van der Waals surface area contributed by atoms with Gasteiger partial charge < -0.3 is 9.84 Å². The molecule has 0 heterocycles. The number of hydrogen-bond donors (Lipinski definition) is 1. The van der Waals surface area contributed by atoms with Crippen molar-refractivity contribution in [3.05, 3.63) is 18.2 Å². The molecule has 0 bridgehead atoms. The molecular formula is C8H8O3S. The lowest BCUT2D eigenvalue weighted by molar-refractivity contribution is 0.398. The fraction of sp³-hybridized carbons (Fsp3) is 0.125. The molecule has 0 fully saturated rings. The Hall–Kier alpha value is -1.16. The molecule has 0 atom stereocenters. The summed E-state index contributed by atoms with van der Waals surface area (Å²) in [5.41, 5.74) is 0.717. The summed E-state index contributed by atoms with van der Waals surface area (Å²) in [6.07, 6.45) is 0. The van der Waals surface area contributed by atoms with Gasteiger partial charge in [0.25, 0.3) is 0 Å². The molecule has 1 N–H and O–H groups in total. The molecule has 0 aliphatic carbocycles. The fourth-order valence-corrected chi connectivity index (χ4v) is 1.31. The molecule has 0 spiro atoms. The fourth-order valence-electron chi connectivity index (χ4n) is 0.805.